The Morgan fingerprint density at radius 2 is 1.94 bits per heavy atom. The highest BCUT2D eigenvalue weighted by molar-refractivity contribution is 5.46. The molecule has 0 spiro atoms. The summed E-state index contributed by atoms with van der Waals surface area (Å²) >= 11 is 0. The second-order valence-electron chi connectivity index (χ2n) is 4.73. The van der Waals surface area contributed by atoms with Crippen molar-refractivity contribution in [2.45, 2.75) is 44.9 Å². The second kappa shape index (κ2) is 6.21. The molecule has 18 heavy (non-hydrogen) atoms. The number of nitrogens with one attached hydrogen (secondary N) is 1. The fourth-order valence-corrected chi connectivity index (χ4v) is 2.47. The molecule has 0 aliphatic heterocycles. The number of methoxy groups -OCH3 is 1. The van der Waals surface area contributed by atoms with E-state index in [1.807, 2.05) is 6.92 Å². The van der Waals surface area contributed by atoms with Crippen molar-refractivity contribution in [1.29, 1.82) is 0 Å². The van der Waals surface area contributed by atoms with Crippen LogP contribution in [0.5, 0.6) is 0 Å². The summed E-state index contributed by atoms with van der Waals surface area (Å²) < 4.78 is 11.1. The summed E-state index contributed by atoms with van der Waals surface area (Å²) in [5, 5.41) is 3.51. The molecule has 0 amide bonds. The quantitative estimate of drug-likeness (QED) is 0.841. The summed E-state index contributed by atoms with van der Waals surface area (Å²) in [6.07, 6.45) is 2.50. The highest BCUT2D eigenvalue weighted by atomic mass is 16.5. The van der Waals surface area contributed by atoms with Crippen LogP contribution in [0.4, 0.5) is 5.69 Å². The summed E-state index contributed by atoms with van der Waals surface area (Å²) in [4.78, 5) is 0. The number of benzene rings is 1. The van der Waals surface area contributed by atoms with Gasteiger partial charge in [0.2, 0.25) is 0 Å². The first-order valence-corrected chi connectivity index (χ1v) is 6.78. The smallest absolute Gasteiger partial charge is 0.103 e. The SMILES string of the molecule is CCOC1CC(Nc2ccc(CC)cc2)C1OC. The maximum absolute atomic E-state index is 5.62. The molecule has 0 heterocycles. The minimum atomic E-state index is 0.163. The van der Waals surface area contributed by atoms with Gasteiger partial charge in [-0.2, -0.15) is 0 Å². The van der Waals surface area contributed by atoms with Gasteiger partial charge < -0.3 is 14.8 Å². The van der Waals surface area contributed by atoms with Crippen LogP contribution in [0.1, 0.15) is 25.8 Å². The Kier molecular flexibility index (Phi) is 4.61. The van der Waals surface area contributed by atoms with Crippen LogP contribution in [0.15, 0.2) is 24.3 Å². The number of hydrogen-bond acceptors (Lipinski definition) is 3. The van der Waals surface area contributed by atoms with E-state index in [1.165, 1.54) is 5.56 Å². The van der Waals surface area contributed by atoms with Gasteiger partial charge in [0, 0.05) is 19.4 Å². The van der Waals surface area contributed by atoms with Crippen LogP contribution in [0.2, 0.25) is 0 Å². The number of rotatable bonds is 6. The number of hydrogen-bond donors (Lipinski definition) is 1. The summed E-state index contributed by atoms with van der Waals surface area (Å²) in [7, 11) is 1.75. The molecule has 100 valence electrons. The Hall–Kier alpha value is -1.06. The zero-order chi connectivity index (χ0) is 13.0. The van der Waals surface area contributed by atoms with E-state index in [4.69, 9.17) is 9.47 Å². The standard InChI is InChI=1S/C15H23NO2/c1-4-11-6-8-12(9-7-11)16-13-10-14(18-5-2)15(13)17-3/h6-9,13-16H,4-5,10H2,1-3H3. The van der Waals surface area contributed by atoms with E-state index in [-0.39, 0.29) is 12.2 Å². The van der Waals surface area contributed by atoms with Gasteiger partial charge in [0.25, 0.3) is 0 Å². The van der Waals surface area contributed by atoms with Crippen molar-refractivity contribution in [3.8, 4) is 0 Å². The topological polar surface area (TPSA) is 30.5 Å². The van der Waals surface area contributed by atoms with Crippen molar-refractivity contribution in [2.24, 2.45) is 0 Å². The van der Waals surface area contributed by atoms with Crippen LogP contribution in [-0.4, -0.2) is 32.0 Å². The Bertz CT molecular complexity index is 363. The molecule has 0 radical (unpaired) electrons. The maximum atomic E-state index is 5.62. The van der Waals surface area contributed by atoms with Crippen LogP contribution < -0.4 is 5.32 Å². The van der Waals surface area contributed by atoms with Gasteiger partial charge in [0.15, 0.2) is 0 Å². The molecule has 1 aliphatic carbocycles. The van der Waals surface area contributed by atoms with E-state index < -0.39 is 0 Å². The van der Waals surface area contributed by atoms with Crippen LogP contribution in [0.25, 0.3) is 0 Å². The molecule has 3 unspecified atom stereocenters. The highest BCUT2D eigenvalue weighted by Crippen LogP contribution is 2.29. The summed E-state index contributed by atoms with van der Waals surface area (Å²) in [5.74, 6) is 0. The van der Waals surface area contributed by atoms with Crippen LogP contribution in [0, 0.1) is 0 Å². The largest absolute Gasteiger partial charge is 0.379 e. The summed E-state index contributed by atoms with van der Waals surface area (Å²) in [6, 6.07) is 8.98. The summed E-state index contributed by atoms with van der Waals surface area (Å²) in [5.41, 5.74) is 2.53. The van der Waals surface area contributed by atoms with Crippen molar-refractivity contribution < 1.29 is 9.47 Å². The van der Waals surface area contributed by atoms with E-state index in [2.05, 4.69) is 36.5 Å². The first kappa shape index (κ1) is 13.4. The van der Waals surface area contributed by atoms with Crippen molar-refractivity contribution in [1.82, 2.24) is 0 Å². The van der Waals surface area contributed by atoms with Gasteiger partial charge in [0.05, 0.1) is 12.1 Å². The molecule has 1 N–H and O–H groups in total. The third-order valence-corrected chi connectivity index (χ3v) is 3.62. The lowest BCUT2D eigenvalue weighted by atomic mass is 9.85. The second-order valence-corrected chi connectivity index (χ2v) is 4.73. The van der Waals surface area contributed by atoms with Gasteiger partial charge in [-0.25, -0.2) is 0 Å². The molecule has 3 nitrogen and oxygen atoms in total. The van der Waals surface area contributed by atoms with Crippen LogP contribution in [-0.2, 0) is 15.9 Å². The normalized spacial score (nSPS) is 26.7. The van der Waals surface area contributed by atoms with Crippen molar-refractivity contribution in [3.63, 3.8) is 0 Å². The molecular formula is C15H23NO2. The minimum Gasteiger partial charge on any atom is -0.379 e. The minimum absolute atomic E-state index is 0.163. The third kappa shape index (κ3) is 2.85. The molecule has 0 saturated heterocycles. The molecule has 2 rings (SSSR count). The number of aryl methyl sites for hydroxylation is 1. The Morgan fingerprint density at radius 3 is 2.50 bits per heavy atom. The third-order valence-electron chi connectivity index (χ3n) is 3.62. The molecule has 1 aromatic carbocycles. The number of anilines is 1. The zero-order valence-corrected chi connectivity index (χ0v) is 11.5. The Morgan fingerprint density at radius 1 is 1.22 bits per heavy atom. The van der Waals surface area contributed by atoms with Gasteiger partial charge in [-0.1, -0.05) is 19.1 Å². The van der Waals surface area contributed by atoms with Gasteiger partial charge in [-0.05, 0) is 37.5 Å². The predicted molar refractivity (Wildman–Crippen MR) is 74.1 cm³/mol. The van der Waals surface area contributed by atoms with Gasteiger partial charge in [-0.15, -0.1) is 0 Å². The Balaban J connectivity index is 1.89. The van der Waals surface area contributed by atoms with Crippen molar-refractivity contribution in [3.05, 3.63) is 29.8 Å². The molecule has 1 saturated carbocycles. The van der Waals surface area contributed by atoms with E-state index in [0.29, 0.717) is 6.04 Å². The van der Waals surface area contributed by atoms with Crippen molar-refractivity contribution in [2.75, 3.05) is 19.0 Å². The maximum Gasteiger partial charge on any atom is 0.103 e. The zero-order valence-electron chi connectivity index (χ0n) is 11.5. The average Bonchev–Trinajstić information content (AvgIpc) is 2.38. The van der Waals surface area contributed by atoms with E-state index >= 15 is 0 Å². The molecule has 3 atom stereocenters. The van der Waals surface area contributed by atoms with Gasteiger partial charge in [0.1, 0.15) is 6.10 Å². The molecular weight excluding hydrogens is 226 g/mol. The first-order valence-electron chi connectivity index (χ1n) is 6.78. The fourth-order valence-electron chi connectivity index (χ4n) is 2.47. The van der Waals surface area contributed by atoms with E-state index in [0.717, 1.165) is 25.1 Å². The fraction of sp³-hybridized carbons (Fsp3) is 0.600. The summed E-state index contributed by atoms with van der Waals surface area (Å²) in [6.45, 7) is 4.95. The van der Waals surface area contributed by atoms with Crippen LogP contribution in [0.3, 0.4) is 0 Å². The molecule has 1 fully saturated rings. The molecule has 1 aliphatic rings. The molecule has 1 aromatic rings. The van der Waals surface area contributed by atoms with Gasteiger partial charge in [-0.3, -0.25) is 0 Å². The highest BCUT2D eigenvalue weighted by Gasteiger charge is 2.42. The average molecular weight is 249 g/mol. The lowest BCUT2D eigenvalue weighted by molar-refractivity contribution is -0.118. The first-order chi connectivity index (χ1) is 8.78. The molecule has 3 heteroatoms. The lowest BCUT2D eigenvalue weighted by Crippen LogP contribution is -2.56. The molecule has 0 bridgehead atoms. The Labute approximate surface area is 109 Å². The number of ether oxygens (including phenoxy) is 2. The van der Waals surface area contributed by atoms with Crippen molar-refractivity contribution >= 4 is 5.69 Å². The lowest BCUT2D eigenvalue weighted by Gasteiger charge is -2.43. The van der Waals surface area contributed by atoms with E-state index in [1.54, 1.807) is 7.11 Å². The monoisotopic (exact) mass is 249 g/mol. The van der Waals surface area contributed by atoms with Crippen LogP contribution >= 0.6 is 0 Å². The van der Waals surface area contributed by atoms with Gasteiger partial charge >= 0.3 is 0 Å². The molecule has 0 aromatic heterocycles. The predicted octanol–water partition coefficient (Wildman–Crippen LogP) is 2.85. The van der Waals surface area contributed by atoms with E-state index in [9.17, 15) is 0 Å².